The highest BCUT2D eigenvalue weighted by Crippen LogP contribution is 2.13. The second-order valence-corrected chi connectivity index (χ2v) is 8.40. The minimum absolute atomic E-state index is 0.0557. The highest BCUT2D eigenvalue weighted by Gasteiger charge is 2.27. The van der Waals surface area contributed by atoms with Crippen LogP contribution in [0.3, 0.4) is 0 Å². The van der Waals surface area contributed by atoms with Gasteiger partial charge in [-0.05, 0) is 45.7 Å². The van der Waals surface area contributed by atoms with E-state index in [1.165, 1.54) is 0 Å². The maximum Gasteiger partial charge on any atom is 0.224 e. The van der Waals surface area contributed by atoms with Gasteiger partial charge in [0.25, 0.3) is 0 Å². The van der Waals surface area contributed by atoms with Gasteiger partial charge < -0.3 is 5.32 Å². The van der Waals surface area contributed by atoms with Crippen molar-refractivity contribution in [2.45, 2.75) is 44.8 Å². The molecule has 21 heavy (non-hydrogen) atoms. The monoisotopic (exact) mass is 312 g/mol. The molecule has 0 aliphatic carbocycles. The average Bonchev–Trinajstić information content (AvgIpc) is 2.38. The van der Waals surface area contributed by atoms with E-state index in [1.54, 1.807) is 20.8 Å². The van der Waals surface area contributed by atoms with Gasteiger partial charge in [-0.1, -0.05) is 18.2 Å². The van der Waals surface area contributed by atoms with Gasteiger partial charge in [0.15, 0.2) is 0 Å². The smallest absolute Gasteiger partial charge is 0.224 e. The number of para-hydroxylation sites is 1. The maximum atomic E-state index is 11.8. The van der Waals surface area contributed by atoms with Crippen LogP contribution in [0.2, 0.25) is 0 Å². The Hall–Kier alpha value is -1.40. The van der Waals surface area contributed by atoms with Crippen LogP contribution in [-0.2, 0) is 14.8 Å². The van der Waals surface area contributed by atoms with Gasteiger partial charge in [-0.15, -0.1) is 0 Å². The van der Waals surface area contributed by atoms with Crippen LogP contribution in [0.15, 0.2) is 30.3 Å². The molecular formula is C15H24N2O3S. The van der Waals surface area contributed by atoms with Crippen LogP contribution in [0.1, 0.15) is 40.0 Å². The van der Waals surface area contributed by atoms with Crippen molar-refractivity contribution in [1.82, 2.24) is 4.72 Å². The summed E-state index contributed by atoms with van der Waals surface area (Å²) in [4.78, 5) is 11.7. The van der Waals surface area contributed by atoms with Gasteiger partial charge in [0.1, 0.15) is 0 Å². The van der Waals surface area contributed by atoms with Crippen LogP contribution in [0.5, 0.6) is 0 Å². The molecule has 0 aromatic heterocycles. The van der Waals surface area contributed by atoms with E-state index in [0.717, 1.165) is 5.69 Å². The molecule has 2 N–H and O–H groups in total. The summed E-state index contributed by atoms with van der Waals surface area (Å²) in [6.45, 7) is 5.33. The lowest BCUT2D eigenvalue weighted by Crippen LogP contribution is -2.39. The molecular weight excluding hydrogens is 288 g/mol. The van der Waals surface area contributed by atoms with Crippen molar-refractivity contribution in [3.63, 3.8) is 0 Å². The van der Waals surface area contributed by atoms with E-state index < -0.39 is 14.8 Å². The van der Waals surface area contributed by atoms with Crippen LogP contribution in [0, 0.1) is 0 Å². The molecule has 0 atom stereocenters. The number of nitrogens with one attached hydrogen (secondary N) is 2. The van der Waals surface area contributed by atoms with Crippen LogP contribution >= 0.6 is 0 Å². The third-order valence-corrected chi connectivity index (χ3v) is 5.18. The molecule has 1 aromatic carbocycles. The lowest BCUT2D eigenvalue weighted by Gasteiger charge is -2.19. The van der Waals surface area contributed by atoms with E-state index in [4.69, 9.17) is 0 Å². The summed E-state index contributed by atoms with van der Waals surface area (Å²) < 4.78 is 25.4. The molecule has 118 valence electrons. The molecule has 0 unspecified atom stereocenters. The molecule has 5 nitrogen and oxygen atoms in total. The second kappa shape index (κ2) is 7.56. The van der Waals surface area contributed by atoms with Crippen molar-refractivity contribution in [1.29, 1.82) is 0 Å². The summed E-state index contributed by atoms with van der Waals surface area (Å²) in [6.07, 6.45) is 1.66. The maximum absolute atomic E-state index is 11.8. The summed E-state index contributed by atoms with van der Waals surface area (Å²) in [7, 11) is -3.30. The number of hydrogen-bond acceptors (Lipinski definition) is 3. The number of amides is 1. The normalized spacial score (nSPS) is 12.1. The van der Waals surface area contributed by atoms with Crippen molar-refractivity contribution >= 4 is 21.6 Å². The quantitative estimate of drug-likeness (QED) is 0.760. The van der Waals surface area contributed by atoms with E-state index in [9.17, 15) is 13.2 Å². The minimum atomic E-state index is -3.30. The van der Waals surface area contributed by atoms with Gasteiger partial charge in [-0.3, -0.25) is 4.79 Å². The zero-order chi connectivity index (χ0) is 15.9. The molecule has 1 amide bonds. The summed E-state index contributed by atoms with van der Waals surface area (Å²) >= 11 is 0. The lowest BCUT2D eigenvalue weighted by molar-refractivity contribution is -0.116. The van der Waals surface area contributed by atoms with Crippen molar-refractivity contribution < 1.29 is 13.2 Å². The van der Waals surface area contributed by atoms with E-state index in [2.05, 4.69) is 10.0 Å². The van der Waals surface area contributed by atoms with Crippen LogP contribution in [0.4, 0.5) is 5.69 Å². The molecule has 0 fully saturated rings. The predicted octanol–water partition coefficient (Wildman–Crippen LogP) is 2.51. The Bertz CT molecular complexity index is 548. The fourth-order valence-electron chi connectivity index (χ4n) is 1.58. The van der Waals surface area contributed by atoms with E-state index >= 15 is 0 Å². The molecule has 0 aliphatic heterocycles. The third-order valence-electron chi connectivity index (χ3n) is 2.99. The van der Waals surface area contributed by atoms with Crippen molar-refractivity contribution in [2.24, 2.45) is 0 Å². The molecule has 1 aromatic rings. The number of carbonyl (C=O) groups excluding carboxylic acids is 1. The number of rotatable bonds is 7. The fraction of sp³-hybridized carbons (Fsp3) is 0.533. The van der Waals surface area contributed by atoms with Crippen molar-refractivity contribution in [3.05, 3.63) is 30.3 Å². The number of carbonyl (C=O) groups is 1. The SMILES string of the molecule is CC(C)(C)S(=O)(=O)NCCCCC(=O)Nc1ccccc1. The molecule has 0 bridgehead atoms. The highest BCUT2D eigenvalue weighted by molar-refractivity contribution is 7.90. The second-order valence-electron chi connectivity index (χ2n) is 5.88. The Labute approximate surface area is 127 Å². The van der Waals surface area contributed by atoms with E-state index in [1.807, 2.05) is 30.3 Å². The minimum Gasteiger partial charge on any atom is -0.326 e. The molecule has 0 aliphatic rings. The highest BCUT2D eigenvalue weighted by atomic mass is 32.2. The Morgan fingerprint density at radius 2 is 1.71 bits per heavy atom. The van der Waals surface area contributed by atoms with Crippen molar-refractivity contribution in [2.75, 3.05) is 11.9 Å². The van der Waals surface area contributed by atoms with Crippen LogP contribution < -0.4 is 10.0 Å². The van der Waals surface area contributed by atoms with Gasteiger partial charge in [0.05, 0.1) is 4.75 Å². The van der Waals surface area contributed by atoms with Gasteiger partial charge in [-0.2, -0.15) is 0 Å². The van der Waals surface area contributed by atoms with Gasteiger partial charge in [0.2, 0.25) is 15.9 Å². The molecule has 6 heteroatoms. The van der Waals surface area contributed by atoms with Gasteiger partial charge in [-0.25, -0.2) is 13.1 Å². The largest absolute Gasteiger partial charge is 0.326 e. The Morgan fingerprint density at radius 1 is 1.10 bits per heavy atom. The molecule has 0 saturated carbocycles. The van der Waals surface area contributed by atoms with Crippen LogP contribution in [-0.4, -0.2) is 25.6 Å². The number of hydrogen-bond donors (Lipinski definition) is 2. The summed E-state index contributed by atoms with van der Waals surface area (Å²) in [6, 6.07) is 9.26. The summed E-state index contributed by atoms with van der Waals surface area (Å²) in [5.74, 6) is -0.0557. The fourth-order valence-corrected chi connectivity index (χ4v) is 2.42. The first-order valence-corrected chi connectivity index (χ1v) is 8.55. The predicted molar refractivity (Wildman–Crippen MR) is 85.6 cm³/mol. The average molecular weight is 312 g/mol. The van der Waals surface area contributed by atoms with E-state index in [-0.39, 0.29) is 5.91 Å². The zero-order valence-corrected chi connectivity index (χ0v) is 13.7. The molecule has 0 heterocycles. The lowest BCUT2D eigenvalue weighted by atomic mass is 10.2. The molecule has 0 radical (unpaired) electrons. The first kappa shape index (κ1) is 17.7. The number of unbranched alkanes of at least 4 members (excludes halogenated alkanes) is 1. The summed E-state index contributed by atoms with van der Waals surface area (Å²) in [5, 5.41) is 2.80. The first-order chi connectivity index (χ1) is 9.72. The topological polar surface area (TPSA) is 75.3 Å². The first-order valence-electron chi connectivity index (χ1n) is 7.06. The van der Waals surface area contributed by atoms with Crippen molar-refractivity contribution in [3.8, 4) is 0 Å². The van der Waals surface area contributed by atoms with Gasteiger partial charge >= 0.3 is 0 Å². The molecule has 0 saturated heterocycles. The van der Waals surface area contributed by atoms with E-state index in [0.29, 0.717) is 25.8 Å². The Balaban J connectivity index is 2.22. The summed E-state index contributed by atoms with van der Waals surface area (Å²) in [5.41, 5.74) is 0.774. The Kier molecular flexibility index (Phi) is 6.36. The number of sulfonamides is 1. The Morgan fingerprint density at radius 3 is 2.29 bits per heavy atom. The number of anilines is 1. The van der Waals surface area contributed by atoms with Gasteiger partial charge in [0, 0.05) is 18.7 Å². The molecule has 1 rings (SSSR count). The third kappa shape index (κ3) is 6.27. The number of benzene rings is 1. The zero-order valence-electron chi connectivity index (χ0n) is 12.8. The standard InChI is InChI=1S/C15H24N2O3S/c1-15(2,3)21(19,20)16-12-8-7-11-14(18)17-13-9-5-4-6-10-13/h4-6,9-10,16H,7-8,11-12H2,1-3H3,(H,17,18). The molecule has 0 spiro atoms. The van der Waals surface area contributed by atoms with Crippen LogP contribution in [0.25, 0.3) is 0 Å².